The predicted molar refractivity (Wildman–Crippen MR) is 106 cm³/mol. The first-order valence-corrected chi connectivity index (χ1v) is 9.30. The Bertz CT molecular complexity index is 979. The number of nitrogens with zero attached hydrogens (tertiary/aromatic N) is 3. The summed E-state index contributed by atoms with van der Waals surface area (Å²) >= 11 is 1.17. The van der Waals surface area contributed by atoms with E-state index in [1.807, 2.05) is 32.9 Å². The molecule has 3 aromatic rings. The number of halogens is 1. The van der Waals surface area contributed by atoms with E-state index < -0.39 is 0 Å². The highest BCUT2D eigenvalue weighted by Gasteiger charge is 2.15. The minimum Gasteiger partial charge on any atom is -0.335 e. The molecule has 1 heterocycles. The summed E-state index contributed by atoms with van der Waals surface area (Å²) in [5.74, 6) is 5.93. The Hall–Kier alpha value is -2.87. The number of nitrogens with one attached hydrogen (secondary N) is 1. The molecule has 1 amide bonds. The molecule has 3 rings (SSSR count). The SMILES string of the molecule is Cc1cc(C)c(NC(=O)CSc2nnc(-c3cccc(F)c3)n2N)c(C)c1. The number of aryl methyl sites for hydroxylation is 3. The molecule has 0 aliphatic rings. The lowest BCUT2D eigenvalue weighted by molar-refractivity contribution is -0.113. The first-order valence-electron chi connectivity index (χ1n) is 8.32. The van der Waals surface area contributed by atoms with E-state index in [2.05, 4.69) is 15.5 Å². The molecule has 8 heteroatoms. The zero-order chi connectivity index (χ0) is 19.6. The third-order valence-electron chi connectivity index (χ3n) is 4.02. The predicted octanol–water partition coefficient (Wildman–Crippen LogP) is 3.45. The Morgan fingerprint density at radius 1 is 1.19 bits per heavy atom. The first kappa shape index (κ1) is 18.9. The van der Waals surface area contributed by atoms with Crippen LogP contribution < -0.4 is 11.2 Å². The number of carbonyl (C=O) groups excluding carboxylic acids is 1. The van der Waals surface area contributed by atoms with E-state index in [0.717, 1.165) is 22.4 Å². The van der Waals surface area contributed by atoms with Gasteiger partial charge in [-0.2, -0.15) is 0 Å². The van der Waals surface area contributed by atoms with E-state index >= 15 is 0 Å². The van der Waals surface area contributed by atoms with E-state index in [0.29, 0.717) is 16.5 Å². The average molecular weight is 385 g/mol. The van der Waals surface area contributed by atoms with Gasteiger partial charge < -0.3 is 11.2 Å². The van der Waals surface area contributed by atoms with Crippen molar-refractivity contribution in [1.29, 1.82) is 0 Å². The van der Waals surface area contributed by atoms with Gasteiger partial charge in [-0.3, -0.25) is 4.79 Å². The second-order valence-corrected chi connectivity index (χ2v) is 7.24. The summed E-state index contributed by atoms with van der Waals surface area (Å²) in [4.78, 5) is 12.3. The molecule has 0 saturated heterocycles. The van der Waals surface area contributed by atoms with Gasteiger partial charge in [0.05, 0.1) is 5.75 Å². The fourth-order valence-corrected chi connectivity index (χ4v) is 3.54. The number of hydrogen-bond donors (Lipinski definition) is 2. The van der Waals surface area contributed by atoms with Crippen LogP contribution in [-0.4, -0.2) is 26.5 Å². The number of nitrogens with two attached hydrogens (primary N) is 1. The minimum absolute atomic E-state index is 0.130. The maximum Gasteiger partial charge on any atom is 0.234 e. The third-order valence-corrected chi connectivity index (χ3v) is 4.96. The van der Waals surface area contributed by atoms with Gasteiger partial charge in [-0.1, -0.05) is 41.6 Å². The molecule has 2 aromatic carbocycles. The maximum atomic E-state index is 13.4. The smallest absolute Gasteiger partial charge is 0.234 e. The Morgan fingerprint density at radius 2 is 1.89 bits per heavy atom. The molecule has 0 unspecified atom stereocenters. The van der Waals surface area contributed by atoms with Gasteiger partial charge in [0, 0.05) is 11.3 Å². The molecule has 3 N–H and O–H groups in total. The van der Waals surface area contributed by atoms with Crippen molar-refractivity contribution in [1.82, 2.24) is 14.9 Å². The standard InChI is InChI=1S/C19H20FN5OS/c1-11-7-12(2)17(13(3)8-11)22-16(26)10-27-19-24-23-18(25(19)21)14-5-4-6-15(20)9-14/h4-9H,10,21H2,1-3H3,(H,22,26). The summed E-state index contributed by atoms with van der Waals surface area (Å²) in [6.45, 7) is 5.95. The second kappa shape index (κ2) is 7.79. The normalized spacial score (nSPS) is 10.8. The average Bonchev–Trinajstić information content (AvgIpc) is 2.97. The summed E-state index contributed by atoms with van der Waals surface area (Å²) in [6.07, 6.45) is 0. The van der Waals surface area contributed by atoms with Crippen LogP contribution in [0, 0.1) is 26.6 Å². The monoisotopic (exact) mass is 385 g/mol. The van der Waals surface area contributed by atoms with Crippen LogP contribution in [0.4, 0.5) is 10.1 Å². The minimum atomic E-state index is -0.382. The lowest BCUT2D eigenvalue weighted by Crippen LogP contribution is -2.17. The number of hydrogen-bond acceptors (Lipinski definition) is 5. The van der Waals surface area contributed by atoms with Crippen LogP contribution in [0.5, 0.6) is 0 Å². The van der Waals surface area contributed by atoms with E-state index in [1.54, 1.807) is 12.1 Å². The van der Waals surface area contributed by atoms with Crippen molar-refractivity contribution < 1.29 is 9.18 Å². The van der Waals surface area contributed by atoms with Gasteiger partial charge in [0.15, 0.2) is 5.82 Å². The molecule has 0 radical (unpaired) electrons. The van der Waals surface area contributed by atoms with Crippen molar-refractivity contribution in [3.05, 3.63) is 58.9 Å². The van der Waals surface area contributed by atoms with E-state index in [9.17, 15) is 9.18 Å². The number of aromatic nitrogens is 3. The fourth-order valence-electron chi connectivity index (χ4n) is 2.88. The van der Waals surface area contributed by atoms with Crippen LogP contribution in [0.1, 0.15) is 16.7 Å². The maximum absolute atomic E-state index is 13.4. The molecule has 0 bridgehead atoms. The fraction of sp³-hybridized carbons (Fsp3) is 0.211. The van der Waals surface area contributed by atoms with Crippen LogP contribution in [0.3, 0.4) is 0 Å². The number of rotatable bonds is 5. The van der Waals surface area contributed by atoms with Crippen molar-refractivity contribution in [3.8, 4) is 11.4 Å². The van der Waals surface area contributed by atoms with Crippen LogP contribution >= 0.6 is 11.8 Å². The highest BCUT2D eigenvalue weighted by molar-refractivity contribution is 7.99. The van der Waals surface area contributed by atoms with Gasteiger partial charge in [-0.25, -0.2) is 9.07 Å². The Kier molecular flexibility index (Phi) is 5.46. The van der Waals surface area contributed by atoms with Crippen LogP contribution in [0.25, 0.3) is 11.4 Å². The van der Waals surface area contributed by atoms with Gasteiger partial charge in [0.1, 0.15) is 5.82 Å². The molecule has 0 fully saturated rings. The summed E-state index contributed by atoms with van der Waals surface area (Å²) in [5.41, 5.74) is 4.52. The molecule has 0 aliphatic carbocycles. The number of benzene rings is 2. The molecule has 27 heavy (non-hydrogen) atoms. The Balaban J connectivity index is 1.68. The van der Waals surface area contributed by atoms with Crippen molar-refractivity contribution in [2.75, 3.05) is 16.9 Å². The summed E-state index contributed by atoms with van der Waals surface area (Å²) in [7, 11) is 0. The van der Waals surface area contributed by atoms with Gasteiger partial charge in [0.2, 0.25) is 11.1 Å². The number of carbonyl (C=O) groups is 1. The van der Waals surface area contributed by atoms with Crippen molar-refractivity contribution in [2.24, 2.45) is 0 Å². The summed E-state index contributed by atoms with van der Waals surface area (Å²) in [6, 6.07) is 9.99. The highest BCUT2D eigenvalue weighted by Crippen LogP contribution is 2.24. The lowest BCUT2D eigenvalue weighted by Gasteiger charge is -2.12. The van der Waals surface area contributed by atoms with Crippen LogP contribution in [0.2, 0.25) is 0 Å². The van der Waals surface area contributed by atoms with Crippen LogP contribution in [0.15, 0.2) is 41.6 Å². The molecule has 0 spiro atoms. The number of amides is 1. The molecule has 6 nitrogen and oxygen atoms in total. The molecule has 1 aromatic heterocycles. The number of nitrogen functional groups attached to an aromatic ring is 1. The van der Waals surface area contributed by atoms with E-state index in [-0.39, 0.29) is 17.5 Å². The topological polar surface area (TPSA) is 85.8 Å². The molecule has 140 valence electrons. The molecule has 0 aliphatic heterocycles. The zero-order valence-corrected chi connectivity index (χ0v) is 16.1. The Morgan fingerprint density at radius 3 is 2.56 bits per heavy atom. The molecule has 0 atom stereocenters. The summed E-state index contributed by atoms with van der Waals surface area (Å²) in [5, 5.41) is 11.3. The van der Waals surface area contributed by atoms with Gasteiger partial charge in [-0.05, 0) is 44.0 Å². The molecular formula is C19H20FN5OS. The Labute approximate surface area is 161 Å². The second-order valence-electron chi connectivity index (χ2n) is 6.30. The van der Waals surface area contributed by atoms with E-state index in [1.165, 1.54) is 28.6 Å². The number of thioether (sulfide) groups is 1. The quantitative estimate of drug-likeness (QED) is 0.519. The highest BCUT2D eigenvalue weighted by atomic mass is 32.2. The lowest BCUT2D eigenvalue weighted by atomic mass is 10.1. The largest absolute Gasteiger partial charge is 0.335 e. The third kappa shape index (κ3) is 4.28. The van der Waals surface area contributed by atoms with Crippen molar-refractivity contribution in [2.45, 2.75) is 25.9 Å². The van der Waals surface area contributed by atoms with Gasteiger partial charge in [0.25, 0.3) is 0 Å². The van der Waals surface area contributed by atoms with Gasteiger partial charge >= 0.3 is 0 Å². The first-order chi connectivity index (χ1) is 12.8. The number of anilines is 1. The van der Waals surface area contributed by atoms with Crippen molar-refractivity contribution >= 4 is 23.4 Å². The van der Waals surface area contributed by atoms with E-state index in [4.69, 9.17) is 5.84 Å². The molecular weight excluding hydrogens is 365 g/mol. The van der Waals surface area contributed by atoms with Crippen LogP contribution in [-0.2, 0) is 4.79 Å². The molecule has 0 saturated carbocycles. The van der Waals surface area contributed by atoms with Crippen molar-refractivity contribution in [3.63, 3.8) is 0 Å². The van der Waals surface area contributed by atoms with Gasteiger partial charge in [-0.15, -0.1) is 10.2 Å². The summed E-state index contributed by atoms with van der Waals surface area (Å²) < 4.78 is 14.6. The zero-order valence-electron chi connectivity index (χ0n) is 15.3.